The molecule has 0 radical (unpaired) electrons. The second-order valence-corrected chi connectivity index (χ2v) is 7.27. The van der Waals surface area contributed by atoms with Crippen LogP contribution in [0.2, 0.25) is 0 Å². The third-order valence-corrected chi connectivity index (χ3v) is 4.73. The minimum Gasteiger partial charge on any atom is -0.494 e. The molecule has 1 aliphatic heterocycles. The summed E-state index contributed by atoms with van der Waals surface area (Å²) in [5.74, 6) is -0.975. The van der Waals surface area contributed by atoms with Crippen LogP contribution >= 0.6 is 0 Å². The quantitative estimate of drug-likeness (QED) is 0.675. The van der Waals surface area contributed by atoms with Gasteiger partial charge in [-0.1, -0.05) is 19.1 Å². The molecular weight excluding hydrogens is 384 g/mol. The van der Waals surface area contributed by atoms with Crippen molar-refractivity contribution < 1.29 is 23.9 Å². The average molecular weight is 410 g/mol. The highest BCUT2D eigenvalue weighted by atomic mass is 16.5. The lowest BCUT2D eigenvalue weighted by molar-refractivity contribution is -0.151. The summed E-state index contributed by atoms with van der Waals surface area (Å²) in [5.41, 5.74) is 2.36. The van der Waals surface area contributed by atoms with Crippen molar-refractivity contribution in [2.24, 2.45) is 5.92 Å². The van der Waals surface area contributed by atoms with Crippen LogP contribution in [0.3, 0.4) is 0 Å². The summed E-state index contributed by atoms with van der Waals surface area (Å²) in [6, 6.07) is 14.5. The molecule has 0 spiro atoms. The summed E-state index contributed by atoms with van der Waals surface area (Å²) in [6.45, 7) is 4.42. The molecule has 158 valence electrons. The van der Waals surface area contributed by atoms with Crippen molar-refractivity contribution in [2.75, 3.05) is 30.0 Å². The molecular formula is C23H26N2O5. The minimum atomic E-state index is -0.597. The number of esters is 1. The smallest absolute Gasteiger partial charge is 0.311 e. The number of ether oxygens (including phenoxy) is 2. The van der Waals surface area contributed by atoms with Gasteiger partial charge in [0.15, 0.2) is 6.61 Å². The SMILES string of the molecule is CCCOc1ccc(N2C[C@H](C(=O)OCC(=O)Nc3cccc(C)c3)CC2=O)cc1. The van der Waals surface area contributed by atoms with Crippen LogP contribution in [0.4, 0.5) is 11.4 Å². The Bertz CT molecular complexity index is 910. The fourth-order valence-corrected chi connectivity index (χ4v) is 3.23. The van der Waals surface area contributed by atoms with E-state index in [0.29, 0.717) is 18.0 Å². The van der Waals surface area contributed by atoms with E-state index in [1.54, 1.807) is 35.2 Å². The molecule has 2 aromatic carbocycles. The molecule has 1 aliphatic rings. The lowest BCUT2D eigenvalue weighted by Crippen LogP contribution is -2.28. The topological polar surface area (TPSA) is 84.9 Å². The van der Waals surface area contributed by atoms with Crippen LogP contribution < -0.4 is 15.0 Å². The minimum absolute atomic E-state index is 0.0619. The fraction of sp³-hybridized carbons (Fsp3) is 0.348. The Labute approximate surface area is 176 Å². The zero-order valence-corrected chi connectivity index (χ0v) is 17.2. The number of nitrogens with one attached hydrogen (secondary N) is 1. The highest BCUT2D eigenvalue weighted by Crippen LogP contribution is 2.27. The number of hydrogen-bond donors (Lipinski definition) is 1. The molecule has 0 bridgehead atoms. The number of carbonyl (C=O) groups is 3. The Kier molecular flexibility index (Phi) is 7.06. The summed E-state index contributed by atoms with van der Waals surface area (Å²) in [5, 5.41) is 2.69. The van der Waals surface area contributed by atoms with Gasteiger partial charge >= 0.3 is 5.97 Å². The van der Waals surface area contributed by atoms with E-state index in [-0.39, 0.29) is 25.5 Å². The Hall–Kier alpha value is -3.35. The van der Waals surface area contributed by atoms with E-state index >= 15 is 0 Å². The standard InChI is InChI=1S/C23H26N2O5/c1-3-11-29-20-9-7-19(8-10-20)25-14-17(13-22(25)27)23(28)30-15-21(26)24-18-6-4-5-16(2)12-18/h4-10,12,17H,3,11,13-15H2,1-2H3,(H,24,26)/t17-/m1/s1. The zero-order chi connectivity index (χ0) is 21.5. The number of nitrogens with zero attached hydrogens (tertiary/aromatic N) is 1. The molecule has 7 nitrogen and oxygen atoms in total. The maximum Gasteiger partial charge on any atom is 0.311 e. The molecule has 0 aromatic heterocycles. The van der Waals surface area contributed by atoms with E-state index < -0.39 is 17.8 Å². The van der Waals surface area contributed by atoms with Crippen molar-refractivity contribution in [3.63, 3.8) is 0 Å². The predicted octanol–water partition coefficient (Wildman–Crippen LogP) is 3.32. The Morgan fingerprint density at radius 2 is 1.93 bits per heavy atom. The van der Waals surface area contributed by atoms with Crippen LogP contribution in [0.5, 0.6) is 5.75 Å². The lowest BCUT2D eigenvalue weighted by atomic mass is 10.1. The van der Waals surface area contributed by atoms with Crippen LogP contribution in [0.25, 0.3) is 0 Å². The van der Waals surface area contributed by atoms with Gasteiger partial charge in [0, 0.05) is 24.3 Å². The molecule has 2 aromatic rings. The molecule has 1 fully saturated rings. The monoisotopic (exact) mass is 410 g/mol. The molecule has 0 aliphatic carbocycles. The summed E-state index contributed by atoms with van der Waals surface area (Å²) >= 11 is 0. The number of aryl methyl sites for hydroxylation is 1. The van der Waals surface area contributed by atoms with Crippen LogP contribution in [0.15, 0.2) is 48.5 Å². The highest BCUT2D eigenvalue weighted by Gasteiger charge is 2.36. The summed E-state index contributed by atoms with van der Waals surface area (Å²) in [7, 11) is 0. The largest absolute Gasteiger partial charge is 0.494 e. The first-order valence-corrected chi connectivity index (χ1v) is 10.0. The van der Waals surface area contributed by atoms with Crippen LogP contribution in [0.1, 0.15) is 25.3 Å². The first-order chi connectivity index (χ1) is 14.5. The second-order valence-electron chi connectivity index (χ2n) is 7.27. The van der Waals surface area contributed by atoms with Crippen molar-refractivity contribution in [1.29, 1.82) is 0 Å². The van der Waals surface area contributed by atoms with E-state index in [0.717, 1.165) is 17.7 Å². The Morgan fingerprint density at radius 1 is 1.17 bits per heavy atom. The third kappa shape index (κ3) is 5.59. The van der Waals surface area contributed by atoms with Gasteiger partial charge in [0.1, 0.15) is 5.75 Å². The van der Waals surface area contributed by atoms with Gasteiger partial charge in [-0.05, 0) is 55.3 Å². The van der Waals surface area contributed by atoms with E-state index in [4.69, 9.17) is 9.47 Å². The maximum atomic E-state index is 12.4. The number of carbonyl (C=O) groups excluding carboxylic acids is 3. The van der Waals surface area contributed by atoms with Gasteiger partial charge in [-0.25, -0.2) is 0 Å². The Balaban J connectivity index is 1.50. The van der Waals surface area contributed by atoms with E-state index in [9.17, 15) is 14.4 Å². The van der Waals surface area contributed by atoms with Gasteiger partial charge in [0.2, 0.25) is 5.91 Å². The zero-order valence-electron chi connectivity index (χ0n) is 17.2. The number of amides is 2. The summed E-state index contributed by atoms with van der Waals surface area (Å²) in [4.78, 5) is 38.3. The first-order valence-electron chi connectivity index (χ1n) is 10.0. The number of anilines is 2. The molecule has 1 atom stereocenters. The average Bonchev–Trinajstić information content (AvgIpc) is 3.12. The van der Waals surface area contributed by atoms with Gasteiger partial charge in [-0.15, -0.1) is 0 Å². The van der Waals surface area contributed by atoms with Crippen molar-refractivity contribution in [2.45, 2.75) is 26.7 Å². The molecule has 30 heavy (non-hydrogen) atoms. The maximum absolute atomic E-state index is 12.4. The van der Waals surface area contributed by atoms with Gasteiger partial charge < -0.3 is 19.7 Å². The summed E-state index contributed by atoms with van der Waals surface area (Å²) in [6.07, 6.45) is 0.978. The highest BCUT2D eigenvalue weighted by molar-refractivity contribution is 6.00. The van der Waals surface area contributed by atoms with Crippen LogP contribution in [-0.4, -0.2) is 37.5 Å². The lowest BCUT2D eigenvalue weighted by Gasteiger charge is -2.17. The van der Waals surface area contributed by atoms with Crippen molar-refractivity contribution in [1.82, 2.24) is 0 Å². The van der Waals surface area contributed by atoms with Gasteiger partial charge in [-0.3, -0.25) is 14.4 Å². The first kappa shape index (κ1) is 21.4. The van der Waals surface area contributed by atoms with E-state index in [1.807, 2.05) is 32.0 Å². The Morgan fingerprint density at radius 3 is 2.63 bits per heavy atom. The molecule has 1 heterocycles. The molecule has 1 saturated heterocycles. The van der Waals surface area contributed by atoms with Crippen molar-refractivity contribution >= 4 is 29.2 Å². The molecule has 7 heteroatoms. The van der Waals surface area contributed by atoms with E-state index in [2.05, 4.69) is 5.32 Å². The normalized spacial score (nSPS) is 15.7. The van der Waals surface area contributed by atoms with Crippen LogP contribution in [-0.2, 0) is 19.1 Å². The molecule has 0 unspecified atom stereocenters. The molecule has 0 saturated carbocycles. The molecule has 2 amide bonds. The summed E-state index contributed by atoms with van der Waals surface area (Å²) < 4.78 is 10.7. The van der Waals surface area contributed by atoms with E-state index in [1.165, 1.54) is 0 Å². The number of hydrogen-bond acceptors (Lipinski definition) is 5. The molecule has 3 rings (SSSR count). The van der Waals surface area contributed by atoms with Crippen LogP contribution in [0, 0.1) is 12.8 Å². The number of rotatable bonds is 8. The third-order valence-electron chi connectivity index (χ3n) is 4.73. The predicted molar refractivity (Wildman–Crippen MR) is 113 cm³/mol. The number of benzene rings is 2. The van der Waals surface area contributed by atoms with Crippen molar-refractivity contribution in [3.8, 4) is 5.75 Å². The second kappa shape index (κ2) is 9.91. The van der Waals surface area contributed by atoms with Gasteiger partial charge in [0.25, 0.3) is 5.91 Å². The fourth-order valence-electron chi connectivity index (χ4n) is 3.23. The van der Waals surface area contributed by atoms with Gasteiger partial charge in [0.05, 0.1) is 12.5 Å². The molecule has 1 N–H and O–H groups in total. The van der Waals surface area contributed by atoms with Gasteiger partial charge in [-0.2, -0.15) is 0 Å². The van der Waals surface area contributed by atoms with Crippen molar-refractivity contribution in [3.05, 3.63) is 54.1 Å².